The minimum absolute atomic E-state index is 0.214. The Morgan fingerprint density at radius 3 is 2.14 bits per heavy atom. The molecule has 0 fully saturated rings. The molecule has 0 N–H and O–H groups in total. The van der Waals surface area contributed by atoms with Crippen molar-refractivity contribution in [2.24, 2.45) is 11.8 Å². The molecule has 4 nitrogen and oxygen atoms in total. The first-order valence-corrected chi connectivity index (χ1v) is 8.79. The molecule has 2 atom stereocenters. The average Bonchev–Trinajstić information content (AvgIpc) is 2.43. The second kappa shape index (κ2) is 12.5. The van der Waals surface area contributed by atoms with Gasteiger partial charge in [-0.05, 0) is 32.6 Å². The molecule has 0 spiro atoms. The van der Waals surface area contributed by atoms with Crippen LogP contribution in [0.25, 0.3) is 0 Å². The van der Waals surface area contributed by atoms with Gasteiger partial charge in [-0.1, -0.05) is 52.9 Å². The molecule has 0 amide bonds. The zero-order valence-corrected chi connectivity index (χ0v) is 15.0. The Morgan fingerprint density at radius 2 is 1.59 bits per heavy atom. The van der Waals surface area contributed by atoms with Crippen LogP contribution in [0.5, 0.6) is 0 Å². The molecule has 22 heavy (non-hydrogen) atoms. The number of ether oxygens (including phenoxy) is 2. The zero-order valence-electron chi connectivity index (χ0n) is 15.0. The van der Waals surface area contributed by atoms with E-state index in [9.17, 15) is 9.59 Å². The molecule has 0 aromatic rings. The first-order chi connectivity index (χ1) is 10.4. The fourth-order valence-electron chi connectivity index (χ4n) is 2.42. The van der Waals surface area contributed by atoms with Gasteiger partial charge in [0, 0.05) is 0 Å². The van der Waals surface area contributed by atoms with Gasteiger partial charge in [-0.3, -0.25) is 9.59 Å². The number of hydrogen-bond acceptors (Lipinski definition) is 4. The van der Waals surface area contributed by atoms with Gasteiger partial charge in [0.15, 0.2) is 5.92 Å². The maximum absolute atomic E-state index is 12.2. The fourth-order valence-corrected chi connectivity index (χ4v) is 2.42. The van der Waals surface area contributed by atoms with E-state index in [2.05, 4.69) is 20.8 Å². The van der Waals surface area contributed by atoms with Crippen molar-refractivity contribution in [1.82, 2.24) is 0 Å². The van der Waals surface area contributed by atoms with E-state index in [0.717, 1.165) is 38.5 Å². The molecule has 0 saturated heterocycles. The molecule has 0 aromatic heterocycles. The average molecular weight is 314 g/mol. The minimum Gasteiger partial charge on any atom is -0.465 e. The molecule has 0 aliphatic heterocycles. The molecular weight excluding hydrogens is 280 g/mol. The van der Waals surface area contributed by atoms with Crippen LogP contribution < -0.4 is 0 Å². The zero-order chi connectivity index (χ0) is 17.0. The predicted octanol–water partition coefficient (Wildman–Crippen LogP) is 4.50. The Kier molecular flexibility index (Phi) is 11.9. The SMILES string of the molecule is CCCCCCOC(=O)C(CC(C)CCC)C(=O)OC(C)C. The van der Waals surface area contributed by atoms with E-state index in [1.165, 1.54) is 0 Å². The van der Waals surface area contributed by atoms with Crippen LogP contribution in [0.4, 0.5) is 0 Å². The first kappa shape index (κ1) is 20.9. The Labute approximate surface area is 135 Å². The molecule has 0 radical (unpaired) electrons. The van der Waals surface area contributed by atoms with Gasteiger partial charge in [-0.15, -0.1) is 0 Å². The van der Waals surface area contributed by atoms with Gasteiger partial charge >= 0.3 is 11.9 Å². The summed E-state index contributed by atoms with van der Waals surface area (Å²) in [6.45, 7) is 10.3. The largest absolute Gasteiger partial charge is 0.465 e. The van der Waals surface area contributed by atoms with Gasteiger partial charge < -0.3 is 9.47 Å². The number of carbonyl (C=O) groups excluding carboxylic acids is 2. The van der Waals surface area contributed by atoms with E-state index >= 15 is 0 Å². The number of hydrogen-bond donors (Lipinski definition) is 0. The summed E-state index contributed by atoms with van der Waals surface area (Å²) in [6.07, 6.45) is 6.53. The molecule has 0 aliphatic rings. The highest BCUT2D eigenvalue weighted by Gasteiger charge is 2.31. The van der Waals surface area contributed by atoms with Crippen LogP contribution in [0.15, 0.2) is 0 Å². The van der Waals surface area contributed by atoms with Crippen molar-refractivity contribution < 1.29 is 19.1 Å². The molecule has 2 unspecified atom stereocenters. The monoisotopic (exact) mass is 314 g/mol. The standard InChI is InChI=1S/C18H34O4/c1-6-8-9-10-12-21-17(19)16(13-15(5)11-7-2)18(20)22-14(3)4/h14-16H,6-13H2,1-5H3. The Hall–Kier alpha value is -1.06. The van der Waals surface area contributed by atoms with Gasteiger partial charge in [0.2, 0.25) is 0 Å². The lowest BCUT2D eigenvalue weighted by molar-refractivity contribution is -0.165. The van der Waals surface area contributed by atoms with Crippen LogP contribution in [0.1, 0.15) is 79.6 Å². The van der Waals surface area contributed by atoms with E-state index in [1.54, 1.807) is 13.8 Å². The van der Waals surface area contributed by atoms with Gasteiger partial charge in [0.1, 0.15) is 0 Å². The molecule has 0 heterocycles. The minimum atomic E-state index is -0.782. The number of carbonyl (C=O) groups is 2. The van der Waals surface area contributed by atoms with Crippen molar-refractivity contribution in [2.45, 2.75) is 85.7 Å². The maximum atomic E-state index is 12.2. The van der Waals surface area contributed by atoms with Crippen molar-refractivity contribution in [3.8, 4) is 0 Å². The molecule has 0 aliphatic carbocycles. The third-order valence-electron chi connectivity index (χ3n) is 3.58. The van der Waals surface area contributed by atoms with E-state index in [-0.39, 0.29) is 6.10 Å². The van der Waals surface area contributed by atoms with Crippen molar-refractivity contribution in [3.05, 3.63) is 0 Å². The first-order valence-electron chi connectivity index (χ1n) is 8.79. The van der Waals surface area contributed by atoms with E-state index < -0.39 is 17.9 Å². The molecular formula is C18H34O4. The smallest absolute Gasteiger partial charge is 0.320 e. The fraction of sp³-hybridized carbons (Fsp3) is 0.889. The quantitative estimate of drug-likeness (QED) is 0.302. The van der Waals surface area contributed by atoms with Crippen molar-refractivity contribution >= 4 is 11.9 Å². The van der Waals surface area contributed by atoms with Gasteiger partial charge in [-0.25, -0.2) is 0 Å². The van der Waals surface area contributed by atoms with E-state index in [4.69, 9.17) is 9.47 Å². The van der Waals surface area contributed by atoms with Gasteiger partial charge in [-0.2, -0.15) is 0 Å². The van der Waals surface area contributed by atoms with Crippen LogP contribution in [0.2, 0.25) is 0 Å². The van der Waals surface area contributed by atoms with Crippen molar-refractivity contribution in [2.75, 3.05) is 6.61 Å². The van der Waals surface area contributed by atoms with Crippen LogP contribution >= 0.6 is 0 Å². The molecule has 0 saturated carbocycles. The third kappa shape index (κ3) is 9.80. The molecule has 0 rings (SSSR count). The third-order valence-corrected chi connectivity index (χ3v) is 3.58. The van der Waals surface area contributed by atoms with Crippen molar-refractivity contribution in [1.29, 1.82) is 0 Å². The summed E-state index contributed by atoms with van der Waals surface area (Å²) in [7, 11) is 0. The maximum Gasteiger partial charge on any atom is 0.320 e. The summed E-state index contributed by atoms with van der Waals surface area (Å²) in [4.78, 5) is 24.4. The highest BCUT2D eigenvalue weighted by molar-refractivity contribution is 5.94. The van der Waals surface area contributed by atoms with Crippen LogP contribution in [0.3, 0.4) is 0 Å². The summed E-state index contributed by atoms with van der Waals surface area (Å²) in [5, 5.41) is 0. The highest BCUT2D eigenvalue weighted by Crippen LogP contribution is 2.20. The molecule has 0 bridgehead atoms. The summed E-state index contributed by atoms with van der Waals surface area (Å²) in [5.74, 6) is -1.35. The molecule has 0 aromatic carbocycles. The predicted molar refractivity (Wildman–Crippen MR) is 88.5 cm³/mol. The lowest BCUT2D eigenvalue weighted by Gasteiger charge is -2.20. The lowest BCUT2D eigenvalue weighted by Crippen LogP contribution is -2.31. The van der Waals surface area contributed by atoms with E-state index in [0.29, 0.717) is 18.9 Å². The summed E-state index contributed by atoms with van der Waals surface area (Å²) in [6, 6.07) is 0. The summed E-state index contributed by atoms with van der Waals surface area (Å²) < 4.78 is 10.5. The van der Waals surface area contributed by atoms with Gasteiger partial charge in [0.25, 0.3) is 0 Å². The topological polar surface area (TPSA) is 52.6 Å². The molecule has 130 valence electrons. The number of unbranched alkanes of at least 4 members (excludes halogenated alkanes) is 3. The summed E-state index contributed by atoms with van der Waals surface area (Å²) in [5.41, 5.74) is 0. The molecule has 4 heteroatoms. The lowest BCUT2D eigenvalue weighted by atomic mass is 9.92. The Bertz CT molecular complexity index is 312. The Morgan fingerprint density at radius 1 is 0.909 bits per heavy atom. The summed E-state index contributed by atoms with van der Waals surface area (Å²) >= 11 is 0. The highest BCUT2D eigenvalue weighted by atomic mass is 16.6. The van der Waals surface area contributed by atoms with Crippen LogP contribution in [-0.4, -0.2) is 24.6 Å². The Balaban J connectivity index is 4.48. The second-order valence-corrected chi connectivity index (χ2v) is 6.40. The number of esters is 2. The van der Waals surface area contributed by atoms with Crippen molar-refractivity contribution in [3.63, 3.8) is 0 Å². The van der Waals surface area contributed by atoms with Crippen LogP contribution in [0, 0.1) is 11.8 Å². The van der Waals surface area contributed by atoms with Gasteiger partial charge in [0.05, 0.1) is 12.7 Å². The second-order valence-electron chi connectivity index (χ2n) is 6.40. The van der Waals surface area contributed by atoms with E-state index in [1.807, 2.05) is 0 Å². The van der Waals surface area contributed by atoms with Crippen LogP contribution in [-0.2, 0) is 19.1 Å². The normalized spacial score (nSPS) is 13.7. The number of rotatable bonds is 12.